The van der Waals surface area contributed by atoms with Gasteiger partial charge in [0.1, 0.15) is 5.82 Å². The molecule has 2 rings (SSSR count). The number of rotatable bonds is 7. The van der Waals surface area contributed by atoms with Crippen molar-refractivity contribution in [1.29, 1.82) is 0 Å². The normalized spacial score (nSPS) is 10.7. The number of aromatic carboxylic acids is 1. The Hall–Kier alpha value is -2.41. The van der Waals surface area contributed by atoms with E-state index in [1.807, 2.05) is 6.92 Å². The molecule has 1 N–H and O–H groups in total. The fourth-order valence-electron chi connectivity index (χ4n) is 2.36. The molecule has 1 heterocycles. The minimum absolute atomic E-state index is 0.0392. The summed E-state index contributed by atoms with van der Waals surface area (Å²) >= 11 is 5.95. The van der Waals surface area contributed by atoms with Gasteiger partial charge in [-0.1, -0.05) is 43.1 Å². The molecule has 0 aliphatic rings. The Morgan fingerprint density at radius 3 is 2.74 bits per heavy atom. The van der Waals surface area contributed by atoms with Gasteiger partial charge in [-0.3, -0.25) is 10.1 Å². The summed E-state index contributed by atoms with van der Waals surface area (Å²) in [5.41, 5.74) is 0.206. The lowest BCUT2D eigenvalue weighted by Gasteiger charge is -2.10. The number of benzene rings is 1. The summed E-state index contributed by atoms with van der Waals surface area (Å²) in [6.45, 7) is 2.05. The predicted octanol–water partition coefficient (Wildman–Crippen LogP) is 3.53. The molecular weight excluding hydrogens is 322 g/mol. The van der Waals surface area contributed by atoms with E-state index in [2.05, 4.69) is 4.98 Å². The van der Waals surface area contributed by atoms with Gasteiger partial charge in [0.05, 0.1) is 11.5 Å². The zero-order chi connectivity index (χ0) is 17.0. The molecule has 0 bridgehead atoms. The summed E-state index contributed by atoms with van der Waals surface area (Å²) in [5, 5.41) is 20.4. The van der Waals surface area contributed by atoms with Crippen LogP contribution in [0.2, 0.25) is 5.15 Å². The van der Waals surface area contributed by atoms with E-state index in [4.69, 9.17) is 11.6 Å². The van der Waals surface area contributed by atoms with Crippen molar-refractivity contribution in [3.8, 4) is 0 Å². The highest BCUT2D eigenvalue weighted by Gasteiger charge is 2.23. The van der Waals surface area contributed by atoms with Gasteiger partial charge in [0.2, 0.25) is 0 Å². The number of para-hydroxylation sites is 1. The van der Waals surface area contributed by atoms with Crippen LogP contribution in [0.3, 0.4) is 0 Å². The third kappa shape index (κ3) is 3.68. The lowest BCUT2D eigenvalue weighted by molar-refractivity contribution is -0.385. The van der Waals surface area contributed by atoms with E-state index in [1.165, 1.54) is 10.6 Å². The van der Waals surface area contributed by atoms with Crippen LogP contribution in [0.15, 0.2) is 24.3 Å². The van der Waals surface area contributed by atoms with Crippen molar-refractivity contribution in [2.75, 3.05) is 0 Å². The van der Waals surface area contributed by atoms with Crippen LogP contribution in [-0.4, -0.2) is 25.6 Å². The van der Waals surface area contributed by atoms with E-state index in [-0.39, 0.29) is 23.1 Å². The molecule has 122 valence electrons. The highest BCUT2D eigenvalue weighted by molar-refractivity contribution is 6.32. The third-order valence-electron chi connectivity index (χ3n) is 3.48. The zero-order valence-electron chi connectivity index (χ0n) is 12.5. The van der Waals surface area contributed by atoms with Crippen LogP contribution in [0.5, 0.6) is 0 Å². The molecule has 1 aromatic heterocycles. The number of imidazole rings is 1. The topological polar surface area (TPSA) is 98.3 Å². The standard InChI is InChI=1S/C15H16ClN3O4/c1-2-3-8-12-17-14(16)13(15(20)21)18(12)9-10-6-4-5-7-11(10)19(22)23/h4-7H,2-3,8-9H2,1H3,(H,20,21). The van der Waals surface area contributed by atoms with Gasteiger partial charge >= 0.3 is 5.97 Å². The second kappa shape index (κ2) is 7.23. The van der Waals surface area contributed by atoms with E-state index in [9.17, 15) is 20.0 Å². The maximum atomic E-state index is 11.5. The third-order valence-corrected chi connectivity index (χ3v) is 3.74. The van der Waals surface area contributed by atoms with Gasteiger partial charge in [-0.05, 0) is 6.42 Å². The summed E-state index contributed by atoms with van der Waals surface area (Å²) in [4.78, 5) is 26.2. The number of halogens is 1. The number of carboxylic acids is 1. The molecule has 0 amide bonds. The number of hydrogen-bond donors (Lipinski definition) is 1. The van der Waals surface area contributed by atoms with Crippen molar-refractivity contribution in [2.24, 2.45) is 0 Å². The highest BCUT2D eigenvalue weighted by Crippen LogP contribution is 2.24. The maximum absolute atomic E-state index is 11.5. The van der Waals surface area contributed by atoms with Gasteiger partial charge < -0.3 is 9.67 Å². The number of hydrogen-bond acceptors (Lipinski definition) is 4. The number of unbranched alkanes of at least 4 members (excludes halogenated alkanes) is 1. The molecule has 0 unspecified atom stereocenters. The predicted molar refractivity (Wildman–Crippen MR) is 85.0 cm³/mol. The van der Waals surface area contributed by atoms with Crippen LogP contribution in [0.1, 0.15) is 41.6 Å². The van der Waals surface area contributed by atoms with E-state index < -0.39 is 10.9 Å². The molecule has 0 saturated carbocycles. The molecular formula is C15H16ClN3O4. The van der Waals surface area contributed by atoms with E-state index in [0.717, 1.165) is 12.8 Å². The first-order valence-electron chi connectivity index (χ1n) is 7.16. The van der Waals surface area contributed by atoms with Gasteiger partial charge in [-0.25, -0.2) is 9.78 Å². The van der Waals surface area contributed by atoms with Crippen molar-refractivity contribution in [3.63, 3.8) is 0 Å². The second-order valence-corrected chi connectivity index (χ2v) is 5.41. The summed E-state index contributed by atoms with van der Waals surface area (Å²) in [7, 11) is 0. The molecule has 0 aliphatic carbocycles. The summed E-state index contributed by atoms with van der Waals surface area (Å²) in [5.74, 6) is -0.684. The van der Waals surface area contributed by atoms with Gasteiger partial charge in [-0.15, -0.1) is 0 Å². The van der Waals surface area contributed by atoms with Crippen molar-refractivity contribution in [1.82, 2.24) is 9.55 Å². The zero-order valence-corrected chi connectivity index (χ0v) is 13.3. The molecule has 23 heavy (non-hydrogen) atoms. The van der Waals surface area contributed by atoms with Crippen LogP contribution >= 0.6 is 11.6 Å². The molecule has 1 aromatic carbocycles. The molecule has 7 nitrogen and oxygen atoms in total. The largest absolute Gasteiger partial charge is 0.476 e. The first-order valence-corrected chi connectivity index (χ1v) is 7.54. The van der Waals surface area contributed by atoms with Crippen molar-refractivity contribution < 1.29 is 14.8 Å². The highest BCUT2D eigenvalue weighted by atomic mass is 35.5. The Morgan fingerprint density at radius 2 is 2.13 bits per heavy atom. The average molecular weight is 338 g/mol. The first kappa shape index (κ1) is 17.0. The van der Waals surface area contributed by atoms with Crippen LogP contribution in [0.4, 0.5) is 5.69 Å². The second-order valence-electron chi connectivity index (χ2n) is 5.05. The van der Waals surface area contributed by atoms with E-state index in [1.54, 1.807) is 18.2 Å². The lowest BCUT2D eigenvalue weighted by atomic mass is 10.1. The Balaban J connectivity index is 2.49. The molecule has 0 radical (unpaired) electrons. The van der Waals surface area contributed by atoms with Gasteiger partial charge in [-0.2, -0.15) is 0 Å². The molecule has 0 atom stereocenters. The SMILES string of the molecule is CCCCc1nc(Cl)c(C(=O)O)n1Cc1ccccc1[N+](=O)[O-]. The van der Waals surface area contributed by atoms with Crippen molar-refractivity contribution in [3.05, 3.63) is 56.6 Å². The van der Waals surface area contributed by atoms with Crippen LogP contribution in [-0.2, 0) is 13.0 Å². The number of carboxylic acid groups (broad SMARTS) is 1. The summed E-state index contributed by atoms with van der Waals surface area (Å²) in [6, 6.07) is 6.23. The van der Waals surface area contributed by atoms with Crippen molar-refractivity contribution in [2.45, 2.75) is 32.7 Å². The van der Waals surface area contributed by atoms with Crippen LogP contribution in [0.25, 0.3) is 0 Å². The van der Waals surface area contributed by atoms with E-state index >= 15 is 0 Å². The number of aromatic nitrogens is 2. The summed E-state index contributed by atoms with van der Waals surface area (Å²) in [6.07, 6.45) is 2.30. The molecule has 0 fully saturated rings. The Bertz CT molecular complexity index is 742. The molecule has 0 aliphatic heterocycles. The molecule has 0 saturated heterocycles. The van der Waals surface area contributed by atoms with Gasteiger partial charge in [0.15, 0.2) is 10.8 Å². The number of nitro groups is 1. The number of nitrogens with zero attached hydrogens (tertiary/aromatic N) is 3. The number of nitro benzene ring substituents is 1. The summed E-state index contributed by atoms with van der Waals surface area (Å²) < 4.78 is 1.45. The minimum Gasteiger partial charge on any atom is -0.476 e. The fourth-order valence-corrected chi connectivity index (χ4v) is 2.64. The van der Waals surface area contributed by atoms with Crippen molar-refractivity contribution >= 4 is 23.3 Å². The smallest absolute Gasteiger partial charge is 0.355 e. The molecule has 0 spiro atoms. The van der Waals surface area contributed by atoms with E-state index in [0.29, 0.717) is 17.8 Å². The Kier molecular flexibility index (Phi) is 5.33. The fraction of sp³-hybridized carbons (Fsp3) is 0.333. The van der Waals surface area contributed by atoms with Gasteiger partial charge in [0.25, 0.3) is 5.69 Å². The Morgan fingerprint density at radius 1 is 1.43 bits per heavy atom. The number of aryl methyl sites for hydroxylation is 1. The monoisotopic (exact) mass is 337 g/mol. The first-order chi connectivity index (χ1) is 11.0. The Labute approximate surface area is 137 Å². The minimum atomic E-state index is -1.20. The average Bonchev–Trinajstić information content (AvgIpc) is 2.81. The van der Waals surface area contributed by atoms with Crippen LogP contribution < -0.4 is 0 Å². The molecule has 2 aromatic rings. The quantitative estimate of drug-likeness (QED) is 0.615. The maximum Gasteiger partial charge on any atom is 0.355 e. The van der Waals surface area contributed by atoms with Gasteiger partial charge in [0, 0.05) is 18.1 Å². The number of carbonyl (C=O) groups is 1. The van der Waals surface area contributed by atoms with Crippen LogP contribution in [0, 0.1) is 10.1 Å². The lowest BCUT2D eigenvalue weighted by Crippen LogP contribution is -2.13. The molecule has 8 heteroatoms.